The van der Waals surface area contributed by atoms with Crippen LogP contribution < -0.4 is 0 Å². The van der Waals surface area contributed by atoms with Gasteiger partial charge in [0.25, 0.3) is 0 Å². The van der Waals surface area contributed by atoms with Gasteiger partial charge < -0.3 is 63.7 Å². The Balaban J connectivity index is 2.18. The van der Waals surface area contributed by atoms with Gasteiger partial charge in [-0.25, -0.2) is 0 Å². The molecule has 0 amide bonds. The zero-order chi connectivity index (χ0) is 45.3. The Kier molecular flexibility index (Phi) is 20.2. The molecule has 3 saturated heterocycles. The first-order chi connectivity index (χ1) is 28.0. The second kappa shape index (κ2) is 22.9. The molecule has 0 saturated carbocycles. The lowest BCUT2D eigenvalue weighted by Crippen LogP contribution is -2.61. The maximum Gasteiger partial charge on any atom is 0.311 e. The lowest BCUT2D eigenvalue weighted by molar-refractivity contribution is -0.317. The molecule has 3 heterocycles. The van der Waals surface area contributed by atoms with Crippen LogP contribution in [0.5, 0.6) is 0 Å². The number of cyclic esters (lactones) is 1. The van der Waals surface area contributed by atoms with Crippen molar-refractivity contribution in [3.63, 3.8) is 0 Å². The molecule has 0 radical (unpaired) electrons. The van der Waals surface area contributed by atoms with Crippen molar-refractivity contribution in [1.29, 1.82) is 0 Å². The van der Waals surface area contributed by atoms with Crippen LogP contribution in [0.2, 0.25) is 0 Å². The number of aliphatic hydroxyl groups is 5. The van der Waals surface area contributed by atoms with Crippen LogP contribution in [0.1, 0.15) is 140 Å². The topological polar surface area (TPSA) is 198 Å². The molecule has 352 valence electrons. The molecule has 0 aliphatic carbocycles. The molecular formula is C45H84N2O13. The monoisotopic (exact) mass is 861 g/mol. The summed E-state index contributed by atoms with van der Waals surface area (Å²) in [4.78, 5) is 22.2. The van der Waals surface area contributed by atoms with Gasteiger partial charge in [-0.1, -0.05) is 65.5 Å². The Bertz CT molecular complexity index is 1330. The third-order valence-electron chi connectivity index (χ3n) is 13.6. The highest BCUT2D eigenvalue weighted by Crippen LogP contribution is 2.41. The van der Waals surface area contributed by atoms with Crippen molar-refractivity contribution < 1.29 is 63.6 Å². The van der Waals surface area contributed by atoms with Crippen molar-refractivity contribution >= 4 is 11.7 Å². The van der Waals surface area contributed by atoms with E-state index in [9.17, 15) is 30.3 Å². The molecule has 3 aliphatic rings. The summed E-state index contributed by atoms with van der Waals surface area (Å²) in [6.45, 7) is 19.8. The van der Waals surface area contributed by atoms with Gasteiger partial charge in [-0.05, 0) is 87.7 Å². The lowest BCUT2D eigenvalue weighted by atomic mass is 9.73. The average Bonchev–Trinajstić information content (AvgIpc) is 3.18. The average molecular weight is 861 g/mol. The highest BCUT2D eigenvalue weighted by molar-refractivity contribution is 5.88. The van der Waals surface area contributed by atoms with Crippen molar-refractivity contribution in [1.82, 2.24) is 4.90 Å². The number of rotatable bonds is 15. The molecule has 0 unspecified atom stereocenters. The van der Waals surface area contributed by atoms with E-state index in [1.807, 2.05) is 32.8 Å². The molecule has 0 bridgehead atoms. The number of carbonyl (C=O) groups excluding carboxylic acids is 1. The van der Waals surface area contributed by atoms with Gasteiger partial charge in [0.15, 0.2) is 12.6 Å². The van der Waals surface area contributed by atoms with Crippen LogP contribution in [0.15, 0.2) is 5.16 Å². The van der Waals surface area contributed by atoms with Crippen molar-refractivity contribution in [2.45, 2.75) is 225 Å². The standard InChI is InChI=1S/C45H84N2O13/c1-15-17-18-19-20-21-22-55-46-35-26(3)24-43(9,52)40(60-42-36(48)32(47(12)13)23-27(4)56-42)29(6)37(59-34-25-44(10,54-14)39(50)31(8)57-34)30(7)41(51)58-33(16-2)45(11,53)38(49)28(35)5/h26-34,36-40,42,48-50,52-53H,15-25H2,1-14H3/b46-35+/t26-,27-,28+,29+,30-,31+,32+,33-,34+,36-,37+,38-,39+,40-,42+,43-,44-,45-/m1/s1. The number of carbonyl (C=O) groups is 1. The fourth-order valence-electron chi connectivity index (χ4n) is 9.66. The fourth-order valence-corrected chi connectivity index (χ4v) is 9.66. The van der Waals surface area contributed by atoms with Gasteiger partial charge >= 0.3 is 5.97 Å². The normalized spacial score (nSPS) is 44.7. The summed E-state index contributed by atoms with van der Waals surface area (Å²) in [5, 5.41) is 64.1. The molecule has 15 heteroatoms. The predicted octanol–water partition coefficient (Wildman–Crippen LogP) is 4.95. The van der Waals surface area contributed by atoms with Gasteiger partial charge in [0.05, 0.1) is 53.4 Å². The molecule has 0 aromatic rings. The zero-order valence-electron chi connectivity index (χ0n) is 39.3. The molecule has 0 aromatic carbocycles. The fraction of sp³-hybridized carbons (Fsp3) is 0.956. The number of oxime groups is 1. The first-order valence-corrected chi connectivity index (χ1v) is 22.7. The molecule has 60 heavy (non-hydrogen) atoms. The number of unbranched alkanes of at least 4 members (excludes halogenated alkanes) is 5. The van der Waals surface area contributed by atoms with Gasteiger partial charge in [-0.2, -0.15) is 0 Å². The molecule has 3 rings (SSSR count). The van der Waals surface area contributed by atoms with Crippen LogP contribution in [0.3, 0.4) is 0 Å². The van der Waals surface area contributed by atoms with Gasteiger partial charge in [0.2, 0.25) is 0 Å². The number of methoxy groups -OCH3 is 1. The third kappa shape index (κ3) is 13.0. The Morgan fingerprint density at radius 2 is 1.48 bits per heavy atom. The number of hydrogen-bond donors (Lipinski definition) is 5. The first-order valence-electron chi connectivity index (χ1n) is 22.7. The van der Waals surface area contributed by atoms with Crippen molar-refractivity contribution in [2.24, 2.45) is 28.8 Å². The van der Waals surface area contributed by atoms with E-state index in [0.717, 1.165) is 32.1 Å². The molecular weight excluding hydrogens is 776 g/mol. The summed E-state index contributed by atoms with van der Waals surface area (Å²) in [5.74, 6) is -3.90. The van der Waals surface area contributed by atoms with Crippen molar-refractivity contribution in [3.05, 3.63) is 0 Å². The predicted molar refractivity (Wildman–Crippen MR) is 228 cm³/mol. The largest absolute Gasteiger partial charge is 0.459 e. The summed E-state index contributed by atoms with van der Waals surface area (Å²) in [6, 6.07) is -0.309. The summed E-state index contributed by atoms with van der Waals surface area (Å²) >= 11 is 0. The molecule has 15 nitrogen and oxygen atoms in total. The molecule has 0 aromatic heterocycles. The molecule has 0 spiro atoms. The minimum atomic E-state index is -1.92. The lowest BCUT2D eigenvalue weighted by Gasteiger charge is -2.49. The minimum absolute atomic E-state index is 0.0313. The highest BCUT2D eigenvalue weighted by atomic mass is 16.7. The summed E-state index contributed by atoms with van der Waals surface area (Å²) in [6.07, 6.45) is -2.71. The SMILES string of the molecule is CCCCCCCCO/N=C1\[C@H](C)C[C@@](C)(O)[C@H](O[C@@H]2O[C@H](C)C[C@H](N(C)C)[C@H]2O)[C@@H](C)[C@H](O[C@H]2C[C@@](C)(OC)[C@@H](O)[C@H](C)O2)[C@@H](C)C(=O)O[C@H](CC)[C@@](C)(O)[C@H](O)[C@H]1C. The van der Waals surface area contributed by atoms with E-state index in [2.05, 4.69) is 12.1 Å². The maximum atomic E-state index is 14.4. The smallest absolute Gasteiger partial charge is 0.311 e. The van der Waals surface area contributed by atoms with E-state index in [-0.39, 0.29) is 31.4 Å². The van der Waals surface area contributed by atoms with E-state index in [0.29, 0.717) is 18.7 Å². The second-order valence-electron chi connectivity index (χ2n) is 19.2. The van der Waals surface area contributed by atoms with Gasteiger partial charge in [0, 0.05) is 37.3 Å². The Morgan fingerprint density at radius 3 is 2.08 bits per heavy atom. The molecule has 3 fully saturated rings. The summed E-state index contributed by atoms with van der Waals surface area (Å²) in [5.41, 5.74) is -4.27. The Morgan fingerprint density at radius 1 is 0.850 bits per heavy atom. The highest BCUT2D eigenvalue weighted by Gasteiger charge is 2.53. The number of likely N-dealkylation sites (N-methyl/N-ethyl adjacent to an activating group) is 1. The maximum absolute atomic E-state index is 14.4. The van der Waals surface area contributed by atoms with Crippen molar-refractivity contribution in [3.8, 4) is 0 Å². The second-order valence-corrected chi connectivity index (χ2v) is 19.2. The Hall–Kier alpha value is -1.50. The third-order valence-corrected chi connectivity index (χ3v) is 13.6. The van der Waals surface area contributed by atoms with Crippen LogP contribution in [0, 0.1) is 23.7 Å². The molecule has 3 aliphatic heterocycles. The van der Waals surface area contributed by atoms with Crippen LogP contribution in [0.4, 0.5) is 0 Å². The first kappa shape index (κ1) is 52.8. The zero-order valence-corrected chi connectivity index (χ0v) is 39.3. The van der Waals surface area contributed by atoms with Gasteiger partial charge in [-0.3, -0.25) is 4.79 Å². The van der Waals surface area contributed by atoms with Crippen LogP contribution in [-0.2, 0) is 38.1 Å². The quantitative estimate of drug-likeness (QED) is 0.0843. The molecule has 18 atom stereocenters. The summed E-state index contributed by atoms with van der Waals surface area (Å²) in [7, 11) is 5.26. The number of nitrogens with zero attached hydrogens (tertiary/aromatic N) is 2. The van der Waals surface area contributed by atoms with Crippen LogP contribution >= 0.6 is 0 Å². The van der Waals surface area contributed by atoms with Gasteiger partial charge in [-0.15, -0.1) is 0 Å². The van der Waals surface area contributed by atoms with E-state index < -0.39 is 102 Å². The molecule has 5 N–H and O–H groups in total. The number of esters is 1. The van der Waals surface area contributed by atoms with E-state index in [1.54, 1.807) is 48.5 Å². The Labute approximate surface area is 360 Å². The van der Waals surface area contributed by atoms with Crippen molar-refractivity contribution in [2.75, 3.05) is 27.8 Å². The van der Waals surface area contributed by atoms with Crippen LogP contribution in [-0.4, -0.2) is 154 Å². The van der Waals surface area contributed by atoms with E-state index >= 15 is 0 Å². The number of ether oxygens (including phenoxy) is 6. The number of hydrogen-bond acceptors (Lipinski definition) is 15. The van der Waals surface area contributed by atoms with E-state index in [1.165, 1.54) is 20.5 Å². The van der Waals surface area contributed by atoms with Gasteiger partial charge in [0.1, 0.15) is 30.5 Å². The summed E-state index contributed by atoms with van der Waals surface area (Å²) < 4.78 is 37.9. The van der Waals surface area contributed by atoms with Crippen LogP contribution in [0.25, 0.3) is 0 Å². The van der Waals surface area contributed by atoms with E-state index in [4.69, 9.17) is 33.3 Å². The minimum Gasteiger partial charge on any atom is -0.459 e. The number of aliphatic hydroxyl groups excluding tert-OH is 3.